The summed E-state index contributed by atoms with van der Waals surface area (Å²) in [6.45, 7) is 15.4. The van der Waals surface area contributed by atoms with Gasteiger partial charge in [0.15, 0.2) is 0 Å². The van der Waals surface area contributed by atoms with Crippen LogP contribution in [-0.4, -0.2) is 85.0 Å². The van der Waals surface area contributed by atoms with Gasteiger partial charge in [0.1, 0.15) is 11.4 Å². The minimum absolute atomic E-state index is 0.331. The Kier molecular flexibility index (Phi) is 8.88. The van der Waals surface area contributed by atoms with E-state index in [1.807, 2.05) is 39.0 Å². The van der Waals surface area contributed by atoms with Crippen LogP contribution >= 0.6 is 0 Å². The molecule has 0 spiro atoms. The fraction of sp³-hybridized carbons (Fsp3) is 0.486. The van der Waals surface area contributed by atoms with E-state index in [2.05, 4.69) is 64.1 Å². The number of nitrogens with zero attached hydrogens (tertiary/aromatic N) is 4. The van der Waals surface area contributed by atoms with Crippen LogP contribution in [0.15, 0.2) is 60.7 Å². The van der Waals surface area contributed by atoms with E-state index in [0.29, 0.717) is 6.04 Å². The lowest BCUT2D eigenvalue weighted by Gasteiger charge is -2.39. The second-order valence-electron chi connectivity index (χ2n) is 13.4. The van der Waals surface area contributed by atoms with Crippen molar-refractivity contribution < 1.29 is 14.3 Å². The summed E-state index contributed by atoms with van der Waals surface area (Å²) >= 11 is 0. The first kappa shape index (κ1) is 30.5. The van der Waals surface area contributed by atoms with E-state index in [-0.39, 0.29) is 6.09 Å². The Bertz CT molecular complexity index is 1610. The molecule has 0 radical (unpaired) electrons. The normalized spacial score (nSPS) is 17.8. The van der Waals surface area contributed by atoms with Crippen molar-refractivity contribution in [3.05, 3.63) is 71.8 Å². The van der Waals surface area contributed by atoms with Gasteiger partial charge in [-0.05, 0) is 88.4 Å². The summed E-state index contributed by atoms with van der Waals surface area (Å²) in [5, 5.41) is 2.15. The van der Waals surface area contributed by atoms with E-state index in [0.717, 1.165) is 91.9 Å². The van der Waals surface area contributed by atoms with Crippen LogP contribution in [0.5, 0.6) is 5.75 Å². The van der Waals surface area contributed by atoms with Crippen LogP contribution in [0.1, 0.15) is 51.7 Å². The topological polar surface area (TPSA) is 50.2 Å². The zero-order valence-corrected chi connectivity index (χ0v) is 27.1. The molecule has 0 unspecified atom stereocenters. The predicted molar refractivity (Wildman–Crippen MR) is 180 cm³/mol. The fourth-order valence-corrected chi connectivity index (χ4v) is 7.18. The van der Waals surface area contributed by atoms with E-state index in [1.54, 1.807) is 11.7 Å². The number of aromatic nitrogens is 1. The Hall–Kier alpha value is -3.55. The lowest BCUT2D eigenvalue weighted by molar-refractivity contribution is 0.0551. The van der Waals surface area contributed by atoms with E-state index < -0.39 is 5.60 Å². The predicted octanol–water partition coefficient (Wildman–Crippen LogP) is 6.98. The van der Waals surface area contributed by atoms with Gasteiger partial charge in [-0.1, -0.05) is 43.3 Å². The Morgan fingerprint density at radius 2 is 1.70 bits per heavy atom. The maximum absolute atomic E-state index is 13.4. The highest BCUT2D eigenvalue weighted by atomic mass is 16.6. The number of hydrogen-bond acceptors (Lipinski definition) is 6. The number of rotatable bonds is 8. The lowest BCUT2D eigenvalue weighted by atomic mass is 9.86. The molecule has 4 aromatic rings. The fourth-order valence-electron chi connectivity index (χ4n) is 7.18. The SMILES string of the molecule is CCCN(CCN1CCN(c2ccc3c4ccccc4n(C(=O)OC(C)(C)C)c3c2)CC1)[C@H]1CCc2c(cccc2OC)C1. The molecule has 7 nitrogen and oxygen atoms in total. The minimum Gasteiger partial charge on any atom is -0.496 e. The quantitative estimate of drug-likeness (QED) is 0.219. The summed E-state index contributed by atoms with van der Waals surface area (Å²) in [5.74, 6) is 1.05. The van der Waals surface area contributed by atoms with Crippen molar-refractivity contribution in [1.82, 2.24) is 14.4 Å². The molecule has 1 fully saturated rings. The molecular weight excluding hydrogens is 548 g/mol. The first-order valence-corrected chi connectivity index (χ1v) is 16.4. The van der Waals surface area contributed by atoms with Gasteiger partial charge in [-0.3, -0.25) is 9.80 Å². The first-order valence-electron chi connectivity index (χ1n) is 16.4. The summed E-state index contributed by atoms with van der Waals surface area (Å²) in [4.78, 5) is 21.2. The van der Waals surface area contributed by atoms with Gasteiger partial charge in [0.2, 0.25) is 0 Å². The summed E-state index contributed by atoms with van der Waals surface area (Å²) in [6, 6.07) is 21.8. The molecule has 3 aromatic carbocycles. The molecule has 1 aliphatic carbocycles. The molecule has 0 saturated carbocycles. The molecule has 0 bridgehead atoms. The highest BCUT2D eigenvalue weighted by Gasteiger charge is 2.27. The number of anilines is 1. The lowest BCUT2D eigenvalue weighted by Crippen LogP contribution is -2.50. The highest BCUT2D eigenvalue weighted by Crippen LogP contribution is 2.34. The molecule has 2 aliphatic rings. The van der Waals surface area contributed by atoms with E-state index in [9.17, 15) is 4.79 Å². The number of ether oxygens (including phenoxy) is 2. The summed E-state index contributed by atoms with van der Waals surface area (Å²) in [6.07, 6.45) is 4.26. The van der Waals surface area contributed by atoms with E-state index in [1.165, 1.54) is 24.0 Å². The standard InChI is InChI=1S/C37H48N4O3/c1-6-18-39(28-14-16-30-27(25-28)10-9-13-35(30)43-5)22-19-38-20-23-40(24-21-38)29-15-17-32-31-11-7-8-12-33(31)41(34(32)26-29)36(42)44-37(2,3)4/h7-13,15,17,26,28H,6,14,16,18-25H2,1-5H3/t28-/m0/s1. The summed E-state index contributed by atoms with van der Waals surface area (Å²) < 4.78 is 13.2. The van der Waals surface area contributed by atoms with Crippen molar-refractivity contribution in [3.63, 3.8) is 0 Å². The van der Waals surface area contributed by atoms with Crippen LogP contribution < -0.4 is 9.64 Å². The van der Waals surface area contributed by atoms with Crippen LogP contribution in [-0.2, 0) is 17.6 Å². The molecule has 1 aromatic heterocycles. The van der Waals surface area contributed by atoms with Gasteiger partial charge in [-0.2, -0.15) is 0 Å². The average molecular weight is 597 g/mol. The third-order valence-electron chi connectivity index (χ3n) is 9.33. The Morgan fingerprint density at radius 1 is 0.932 bits per heavy atom. The Labute approximate surface area is 262 Å². The largest absolute Gasteiger partial charge is 0.496 e. The van der Waals surface area contributed by atoms with Crippen LogP contribution in [0.2, 0.25) is 0 Å². The summed E-state index contributed by atoms with van der Waals surface area (Å²) in [7, 11) is 1.78. The third kappa shape index (κ3) is 6.31. The third-order valence-corrected chi connectivity index (χ3v) is 9.33. The maximum Gasteiger partial charge on any atom is 0.419 e. The monoisotopic (exact) mass is 596 g/mol. The van der Waals surface area contributed by atoms with Crippen molar-refractivity contribution in [3.8, 4) is 5.75 Å². The molecule has 1 saturated heterocycles. The summed E-state index contributed by atoms with van der Waals surface area (Å²) in [5.41, 5.74) is 5.25. The molecule has 1 atom stereocenters. The Balaban J connectivity index is 1.11. The number of benzene rings is 3. The van der Waals surface area contributed by atoms with Crippen LogP contribution in [0.25, 0.3) is 21.8 Å². The molecule has 6 rings (SSSR count). The molecule has 7 heteroatoms. The van der Waals surface area contributed by atoms with Crippen molar-refractivity contribution in [2.24, 2.45) is 0 Å². The molecular formula is C37H48N4O3. The molecule has 0 amide bonds. The highest BCUT2D eigenvalue weighted by molar-refractivity contribution is 6.13. The van der Waals surface area contributed by atoms with Gasteiger partial charge < -0.3 is 14.4 Å². The number of carbonyl (C=O) groups is 1. The van der Waals surface area contributed by atoms with E-state index in [4.69, 9.17) is 9.47 Å². The zero-order chi connectivity index (χ0) is 30.8. The maximum atomic E-state index is 13.4. The van der Waals surface area contributed by atoms with Gasteiger partial charge in [-0.15, -0.1) is 0 Å². The minimum atomic E-state index is -0.565. The van der Waals surface area contributed by atoms with Crippen LogP contribution in [0, 0.1) is 0 Å². The van der Waals surface area contributed by atoms with Crippen molar-refractivity contribution in [2.45, 2.75) is 65.0 Å². The molecule has 0 N–H and O–H groups in total. The number of methoxy groups -OCH3 is 1. The molecule has 1 aliphatic heterocycles. The van der Waals surface area contributed by atoms with Gasteiger partial charge in [0.05, 0.1) is 18.1 Å². The molecule has 234 valence electrons. The van der Waals surface area contributed by atoms with Crippen molar-refractivity contribution >= 4 is 33.6 Å². The smallest absolute Gasteiger partial charge is 0.419 e. The van der Waals surface area contributed by atoms with Crippen LogP contribution in [0.4, 0.5) is 10.5 Å². The molecule has 44 heavy (non-hydrogen) atoms. The second-order valence-corrected chi connectivity index (χ2v) is 13.4. The van der Waals surface area contributed by atoms with E-state index >= 15 is 0 Å². The van der Waals surface area contributed by atoms with Crippen molar-refractivity contribution in [1.29, 1.82) is 0 Å². The second kappa shape index (κ2) is 12.8. The Morgan fingerprint density at radius 3 is 2.45 bits per heavy atom. The number of para-hydroxylation sites is 1. The zero-order valence-electron chi connectivity index (χ0n) is 27.1. The average Bonchev–Trinajstić information content (AvgIpc) is 3.36. The van der Waals surface area contributed by atoms with Crippen LogP contribution in [0.3, 0.4) is 0 Å². The van der Waals surface area contributed by atoms with Crippen molar-refractivity contribution in [2.75, 3.05) is 57.8 Å². The number of hydrogen-bond donors (Lipinski definition) is 0. The number of carbonyl (C=O) groups excluding carboxylic acids is 1. The van der Waals surface area contributed by atoms with Gasteiger partial charge in [0.25, 0.3) is 0 Å². The first-order chi connectivity index (χ1) is 21.3. The molecule has 2 heterocycles. The number of fused-ring (bicyclic) bond motifs is 4. The number of piperazine rings is 1. The van der Waals surface area contributed by atoms with Gasteiger partial charge in [-0.25, -0.2) is 9.36 Å². The van der Waals surface area contributed by atoms with Gasteiger partial charge in [0, 0.05) is 61.8 Å². The van der Waals surface area contributed by atoms with Gasteiger partial charge >= 0.3 is 6.09 Å².